The molecule has 1 atom stereocenters. The van der Waals surface area contributed by atoms with E-state index >= 15 is 0 Å². The number of carboxylic acid groups (broad SMARTS) is 1. The highest BCUT2D eigenvalue weighted by Crippen LogP contribution is 2.30. The first-order valence-corrected chi connectivity index (χ1v) is 13.2. The average Bonchev–Trinajstić information content (AvgIpc) is 2.99. The third-order valence-electron chi connectivity index (χ3n) is 6.57. The molecule has 2 N–H and O–H groups in total. The molecule has 10 heteroatoms. The van der Waals surface area contributed by atoms with Crippen molar-refractivity contribution >= 4 is 23.4 Å². The van der Waals surface area contributed by atoms with E-state index in [2.05, 4.69) is 10.1 Å². The van der Waals surface area contributed by atoms with Gasteiger partial charge in [0.05, 0.1) is 12.3 Å². The number of ketones is 2. The van der Waals surface area contributed by atoms with Crippen molar-refractivity contribution in [3.05, 3.63) is 125 Å². The summed E-state index contributed by atoms with van der Waals surface area (Å²) in [5, 5.41) is 11.2. The van der Waals surface area contributed by atoms with Crippen molar-refractivity contribution in [3.63, 3.8) is 0 Å². The minimum atomic E-state index is -4.93. The lowest BCUT2D eigenvalue weighted by Crippen LogP contribution is -2.26. The molecule has 1 amide bonds. The number of aliphatic carboxylic acids is 1. The van der Waals surface area contributed by atoms with Gasteiger partial charge in [0.15, 0.2) is 11.6 Å². The summed E-state index contributed by atoms with van der Waals surface area (Å²) < 4.78 is 42.1. The number of carbonyl (C=O) groups excluding carboxylic acids is 3. The fourth-order valence-electron chi connectivity index (χ4n) is 4.44. The van der Waals surface area contributed by atoms with Gasteiger partial charge in [-0.15, -0.1) is 13.2 Å². The maximum absolute atomic E-state index is 13.8. The van der Waals surface area contributed by atoms with Crippen molar-refractivity contribution in [1.29, 1.82) is 0 Å². The fourth-order valence-corrected chi connectivity index (χ4v) is 4.44. The van der Waals surface area contributed by atoms with Crippen molar-refractivity contribution in [2.75, 3.05) is 6.54 Å². The Morgan fingerprint density at radius 3 is 2.00 bits per heavy atom. The summed E-state index contributed by atoms with van der Waals surface area (Å²) >= 11 is 0. The van der Waals surface area contributed by atoms with Crippen LogP contribution in [0.4, 0.5) is 13.2 Å². The van der Waals surface area contributed by atoms with E-state index in [1.807, 2.05) is 42.5 Å². The normalized spacial score (nSPS) is 11.8. The first-order chi connectivity index (χ1) is 20.5. The molecule has 0 heterocycles. The number of benzene rings is 4. The number of hydrogen-bond acceptors (Lipinski definition) is 5. The number of nitrogens with one attached hydrogen (secondary N) is 1. The molecule has 220 valence electrons. The van der Waals surface area contributed by atoms with E-state index in [-0.39, 0.29) is 36.1 Å². The van der Waals surface area contributed by atoms with Gasteiger partial charge in [0.1, 0.15) is 5.75 Å². The molecule has 1 unspecified atom stereocenters. The number of carboxylic acids is 1. The molecule has 0 aliphatic rings. The van der Waals surface area contributed by atoms with Crippen molar-refractivity contribution < 1.29 is 42.2 Å². The Hall–Kier alpha value is -5.25. The van der Waals surface area contributed by atoms with Crippen LogP contribution in [-0.2, 0) is 4.79 Å². The van der Waals surface area contributed by atoms with Crippen molar-refractivity contribution in [1.82, 2.24) is 5.32 Å². The average molecular weight is 590 g/mol. The third kappa shape index (κ3) is 8.62. The zero-order valence-corrected chi connectivity index (χ0v) is 22.6. The van der Waals surface area contributed by atoms with Crippen molar-refractivity contribution in [3.8, 4) is 16.9 Å². The van der Waals surface area contributed by atoms with Gasteiger partial charge in [0, 0.05) is 29.7 Å². The molecule has 0 radical (unpaired) electrons. The Labute approximate surface area is 244 Å². The van der Waals surface area contributed by atoms with Gasteiger partial charge in [-0.3, -0.25) is 19.2 Å². The van der Waals surface area contributed by atoms with E-state index in [1.165, 1.54) is 36.4 Å². The van der Waals surface area contributed by atoms with Crippen LogP contribution in [0.1, 0.15) is 55.4 Å². The second-order valence-corrected chi connectivity index (χ2v) is 9.58. The summed E-state index contributed by atoms with van der Waals surface area (Å²) in [5.41, 5.74) is 2.73. The Kier molecular flexibility index (Phi) is 9.72. The summed E-state index contributed by atoms with van der Waals surface area (Å²) in [4.78, 5) is 50.0. The van der Waals surface area contributed by atoms with Crippen LogP contribution in [0.5, 0.6) is 5.75 Å². The molecule has 0 saturated heterocycles. The predicted octanol–water partition coefficient (Wildman–Crippen LogP) is 6.70. The molecule has 4 rings (SSSR count). The zero-order valence-electron chi connectivity index (χ0n) is 22.6. The monoisotopic (exact) mass is 589 g/mol. The third-order valence-corrected chi connectivity index (χ3v) is 6.57. The molecule has 0 fully saturated rings. The van der Waals surface area contributed by atoms with Gasteiger partial charge in [0.2, 0.25) is 0 Å². The fraction of sp³-hybridized carbons (Fsp3) is 0.152. The number of amides is 1. The van der Waals surface area contributed by atoms with Crippen molar-refractivity contribution in [2.45, 2.75) is 25.1 Å². The molecule has 0 aliphatic heterocycles. The summed E-state index contributed by atoms with van der Waals surface area (Å²) in [6.07, 6.45) is -5.51. The molecule has 43 heavy (non-hydrogen) atoms. The Balaban J connectivity index is 1.60. The molecule has 4 aromatic carbocycles. The van der Waals surface area contributed by atoms with Crippen molar-refractivity contribution in [2.24, 2.45) is 0 Å². The summed E-state index contributed by atoms with van der Waals surface area (Å²) in [7, 11) is 0. The first-order valence-electron chi connectivity index (χ1n) is 13.2. The van der Waals surface area contributed by atoms with Gasteiger partial charge in [-0.25, -0.2) is 0 Å². The van der Waals surface area contributed by atoms with Crippen LogP contribution in [0.3, 0.4) is 0 Å². The van der Waals surface area contributed by atoms with Crippen LogP contribution in [-0.4, -0.2) is 41.5 Å². The molecule has 4 aromatic rings. The SMILES string of the molecule is O=C(O)CCNC(=O)c1ccc(C(=O)C(CC(=O)c2cccc(OC(F)(F)F)c2)c2ccc(-c3ccccc3)cc2)cc1. The van der Waals surface area contributed by atoms with Crippen LogP contribution < -0.4 is 10.1 Å². The van der Waals surface area contributed by atoms with Crippen LogP contribution in [0.25, 0.3) is 11.1 Å². The zero-order chi connectivity index (χ0) is 31.0. The van der Waals surface area contributed by atoms with Crippen LogP contribution in [0.15, 0.2) is 103 Å². The quantitative estimate of drug-likeness (QED) is 0.178. The van der Waals surface area contributed by atoms with E-state index in [0.717, 1.165) is 23.3 Å². The molecular formula is C33H26F3NO6. The molecular weight excluding hydrogens is 563 g/mol. The number of alkyl halides is 3. The maximum Gasteiger partial charge on any atom is 0.573 e. The topological polar surface area (TPSA) is 110 Å². The van der Waals surface area contributed by atoms with Gasteiger partial charge < -0.3 is 15.2 Å². The highest BCUT2D eigenvalue weighted by molar-refractivity contribution is 6.06. The predicted molar refractivity (Wildman–Crippen MR) is 152 cm³/mol. The lowest BCUT2D eigenvalue weighted by molar-refractivity contribution is -0.274. The number of hydrogen-bond donors (Lipinski definition) is 2. The first kappa shape index (κ1) is 30.7. The highest BCUT2D eigenvalue weighted by atomic mass is 19.4. The van der Waals surface area contributed by atoms with E-state index < -0.39 is 41.5 Å². The second-order valence-electron chi connectivity index (χ2n) is 9.58. The number of halogens is 3. The van der Waals surface area contributed by atoms with Gasteiger partial charge in [0.25, 0.3) is 5.91 Å². The Morgan fingerprint density at radius 2 is 1.37 bits per heavy atom. The number of carbonyl (C=O) groups is 4. The standard InChI is InChI=1S/C33H26F3NO6/c34-33(35,36)43-27-8-4-7-26(19-27)29(38)20-28(23-11-9-22(10-12-23)21-5-2-1-3-6-21)31(41)24-13-15-25(16-14-24)32(42)37-18-17-30(39)40/h1-16,19,28H,17-18,20H2,(H,37,42)(H,39,40). The van der Waals surface area contributed by atoms with Gasteiger partial charge in [-0.05, 0) is 41.0 Å². The largest absolute Gasteiger partial charge is 0.573 e. The highest BCUT2D eigenvalue weighted by Gasteiger charge is 2.32. The minimum absolute atomic E-state index is 0.0474. The van der Waals surface area contributed by atoms with E-state index in [4.69, 9.17) is 5.11 Å². The minimum Gasteiger partial charge on any atom is -0.481 e. The molecule has 0 aromatic heterocycles. The molecule has 0 saturated carbocycles. The molecule has 0 bridgehead atoms. The Morgan fingerprint density at radius 1 is 0.744 bits per heavy atom. The number of Topliss-reactive ketones (excluding diaryl/α,β-unsaturated/α-hetero) is 2. The maximum atomic E-state index is 13.8. The summed E-state index contributed by atoms with van der Waals surface area (Å²) in [6, 6.07) is 27.0. The Bertz CT molecular complexity index is 1600. The van der Waals surface area contributed by atoms with E-state index in [0.29, 0.717) is 5.56 Å². The lowest BCUT2D eigenvalue weighted by atomic mass is 9.84. The molecule has 7 nitrogen and oxygen atoms in total. The van der Waals surface area contributed by atoms with Crippen LogP contribution in [0.2, 0.25) is 0 Å². The van der Waals surface area contributed by atoms with Crippen LogP contribution in [0, 0.1) is 0 Å². The summed E-state index contributed by atoms with van der Waals surface area (Å²) in [6.45, 7) is -0.0623. The second kappa shape index (κ2) is 13.6. The molecule has 0 aliphatic carbocycles. The number of rotatable bonds is 12. The van der Waals surface area contributed by atoms with Gasteiger partial charge >= 0.3 is 12.3 Å². The van der Waals surface area contributed by atoms with Crippen LogP contribution >= 0.6 is 0 Å². The van der Waals surface area contributed by atoms with Gasteiger partial charge in [-0.2, -0.15) is 0 Å². The summed E-state index contributed by atoms with van der Waals surface area (Å²) in [5.74, 6) is -4.10. The number of ether oxygens (including phenoxy) is 1. The van der Waals surface area contributed by atoms with Gasteiger partial charge in [-0.1, -0.05) is 78.9 Å². The molecule has 0 spiro atoms. The van der Waals surface area contributed by atoms with E-state index in [9.17, 15) is 32.3 Å². The van der Waals surface area contributed by atoms with E-state index in [1.54, 1.807) is 12.1 Å². The smallest absolute Gasteiger partial charge is 0.481 e. The lowest BCUT2D eigenvalue weighted by Gasteiger charge is -2.17.